The van der Waals surface area contributed by atoms with E-state index in [4.69, 9.17) is 4.74 Å². The number of rotatable bonds is 10. The molecule has 0 radical (unpaired) electrons. The molecule has 3 aromatic carbocycles. The molecule has 0 atom stereocenters. The molecule has 37 heavy (non-hydrogen) atoms. The van der Waals surface area contributed by atoms with E-state index in [1.54, 1.807) is 24.1 Å². The highest BCUT2D eigenvalue weighted by Gasteiger charge is 2.36. The van der Waals surface area contributed by atoms with Crippen LogP contribution in [0.15, 0.2) is 79.0 Å². The number of hydrogen-bond donors (Lipinski definition) is 1. The molecule has 6 nitrogen and oxygen atoms in total. The Labute approximate surface area is 215 Å². The molecule has 1 aliphatic carbocycles. The summed E-state index contributed by atoms with van der Waals surface area (Å²) >= 11 is 0. The van der Waals surface area contributed by atoms with Crippen LogP contribution in [0.1, 0.15) is 34.3 Å². The molecule has 2 amide bonds. The number of benzene rings is 3. The maximum Gasteiger partial charge on any atom is 0.257 e. The number of carbonyl (C=O) groups is 2. The number of methoxy groups -OCH3 is 1. The van der Waals surface area contributed by atoms with Crippen LogP contribution in [-0.2, 0) is 17.8 Å². The molecule has 0 aliphatic heterocycles. The fraction of sp³-hybridized carbons (Fsp3) is 0.267. The second kappa shape index (κ2) is 10.9. The van der Waals surface area contributed by atoms with Crippen LogP contribution in [0.25, 0.3) is 10.9 Å². The molecular formula is C30H30FN3O3. The Balaban J connectivity index is 1.38. The molecule has 1 saturated carbocycles. The maximum atomic E-state index is 14.4. The van der Waals surface area contributed by atoms with E-state index in [1.807, 2.05) is 48.7 Å². The van der Waals surface area contributed by atoms with Crippen molar-refractivity contribution in [3.8, 4) is 5.75 Å². The Bertz CT molecular complexity index is 1410. The largest absolute Gasteiger partial charge is 0.496 e. The molecule has 1 aliphatic rings. The second-order valence-electron chi connectivity index (χ2n) is 9.38. The zero-order valence-electron chi connectivity index (χ0n) is 20.8. The summed E-state index contributed by atoms with van der Waals surface area (Å²) in [7, 11) is 1.61. The molecule has 7 heteroatoms. The quantitative estimate of drug-likeness (QED) is 0.327. The normalized spacial score (nSPS) is 12.9. The third-order valence-corrected chi connectivity index (χ3v) is 6.89. The van der Waals surface area contributed by atoms with E-state index in [9.17, 15) is 14.0 Å². The van der Waals surface area contributed by atoms with Crippen molar-refractivity contribution in [2.45, 2.75) is 31.8 Å². The van der Waals surface area contributed by atoms with Crippen molar-refractivity contribution in [3.05, 3.63) is 102 Å². The Kier molecular flexibility index (Phi) is 7.21. The first kappa shape index (κ1) is 24.6. The van der Waals surface area contributed by atoms with Gasteiger partial charge in [0.25, 0.3) is 5.91 Å². The van der Waals surface area contributed by atoms with Crippen LogP contribution in [-0.4, -0.2) is 52.8 Å². The monoisotopic (exact) mass is 499 g/mol. The van der Waals surface area contributed by atoms with E-state index in [-0.39, 0.29) is 24.1 Å². The molecule has 0 unspecified atom stereocenters. The van der Waals surface area contributed by atoms with Crippen LogP contribution in [0.5, 0.6) is 5.75 Å². The first-order chi connectivity index (χ1) is 18.0. The molecular weight excluding hydrogens is 469 g/mol. The molecule has 1 heterocycles. The van der Waals surface area contributed by atoms with Crippen LogP contribution in [0.4, 0.5) is 4.39 Å². The first-order valence-corrected chi connectivity index (χ1v) is 12.6. The number of fused-ring (bicyclic) bond motifs is 1. The number of aromatic amines is 1. The third-order valence-electron chi connectivity index (χ3n) is 6.89. The van der Waals surface area contributed by atoms with Gasteiger partial charge in [0.15, 0.2) is 0 Å². The number of hydrogen-bond acceptors (Lipinski definition) is 3. The van der Waals surface area contributed by atoms with Crippen molar-refractivity contribution in [2.24, 2.45) is 0 Å². The fourth-order valence-corrected chi connectivity index (χ4v) is 4.71. The number of amides is 2. The Morgan fingerprint density at radius 3 is 2.49 bits per heavy atom. The van der Waals surface area contributed by atoms with Gasteiger partial charge in [-0.25, -0.2) is 4.39 Å². The summed E-state index contributed by atoms with van der Waals surface area (Å²) in [6, 6.07) is 21.6. The number of aromatic nitrogens is 1. The molecule has 5 rings (SSSR count). The molecule has 0 spiro atoms. The molecule has 1 fully saturated rings. The predicted octanol–water partition coefficient (Wildman–Crippen LogP) is 5.19. The second-order valence-corrected chi connectivity index (χ2v) is 9.38. The Hall–Kier alpha value is -4.13. The van der Waals surface area contributed by atoms with E-state index in [1.165, 1.54) is 17.0 Å². The smallest absolute Gasteiger partial charge is 0.257 e. The Morgan fingerprint density at radius 2 is 1.70 bits per heavy atom. The fourth-order valence-electron chi connectivity index (χ4n) is 4.71. The highest BCUT2D eigenvalue weighted by Crippen LogP contribution is 2.29. The number of H-pyrrole nitrogens is 1. The van der Waals surface area contributed by atoms with Gasteiger partial charge >= 0.3 is 0 Å². The summed E-state index contributed by atoms with van der Waals surface area (Å²) in [4.78, 5) is 33.6. The minimum atomic E-state index is -0.573. The summed E-state index contributed by atoms with van der Waals surface area (Å²) in [5, 5.41) is 1.13. The van der Waals surface area contributed by atoms with Crippen LogP contribution in [0.2, 0.25) is 0 Å². The topological polar surface area (TPSA) is 65.6 Å². The number of ether oxygens (including phenoxy) is 1. The van der Waals surface area contributed by atoms with Gasteiger partial charge in [0, 0.05) is 41.8 Å². The van der Waals surface area contributed by atoms with E-state index in [0.717, 1.165) is 34.9 Å². The average molecular weight is 500 g/mol. The maximum absolute atomic E-state index is 14.4. The van der Waals surface area contributed by atoms with Gasteiger partial charge in [-0.05, 0) is 49.1 Å². The van der Waals surface area contributed by atoms with Crippen molar-refractivity contribution < 1.29 is 18.7 Å². The van der Waals surface area contributed by atoms with Gasteiger partial charge in [-0.2, -0.15) is 0 Å². The van der Waals surface area contributed by atoms with E-state index >= 15 is 0 Å². The summed E-state index contributed by atoms with van der Waals surface area (Å²) < 4.78 is 19.9. The van der Waals surface area contributed by atoms with Gasteiger partial charge in [0.05, 0.1) is 12.7 Å². The zero-order valence-corrected chi connectivity index (χ0v) is 20.8. The molecule has 190 valence electrons. The highest BCUT2D eigenvalue weighted by atomic mass is 19.1. The lowest BCUT2D eigenvalue weighted by Crippen LogP contribution is -2.44. The third kappa shape index (κ3) is 5.50. The van der Waals surface area contributed by atoms with Gasteiger partial charge in [-0.1, -0.05) is 48.5 Å². The van der Waals surface area contributed by atoms with Crippen molar-refractivity contribution in [2.75, 3.05) is 20.2 Å². The average Bonchev–Trinajstić information content (AvgIpc) is 3.69. The number of nitrogens with zero attached hydrogens (tertiary/aromatic N) is 2. The summed E-state index contributed by atoms with van der Waals surface area (Å²) in [5.74, 6) is -0.491. The first-order valence-electron chi connectivity index (χ1n) is 12.6. The summed E-state index contributed by atoms with van der Waals surface area (Å²) in [6.45, 7) is 0.712. The van der Waals surface area contributed by atoms with Crippen molar-refractivity contribution in [1.82, 2.24) is 14.8 Å². The molecule has 4 aromatic rings. The lowest BCUT2D eigenvalue weighted by atomic mass is 10.1. The van der Waals surface area contributed by atoms with Gasteiger partial charge in [0.1, 0.15) is 18.1 Å². The number of nitrogens with one attached hydrogen (secondary N) is 1. The van der Waals surface area contributed by atoms with Crippen molar-refractivity contribution in [3.63, 3.8) is 0 Å². The summed E-state index contributed by atoms with van der Waals surface area (Å²) in [6.07, 6.45) is 4.26. The van der Waals surface area contributed by atoms with Crippen molar-refractivity contribution >= 4 is 22.7 Å². The molecule has 1 aromatic heterocycles. The zero-order chi connectivity index (χ0) is 25.8. The molecule has 0 bridgehead atoms. The SMILES string of the molecule is COc1ccccc1CN(CCc1c[nH]c2ccccc12)C(=O)CN(C(=O)c1ccccc1F)C1CC1. The van der Waals surface area contributed by atoms with E-state index < -0.39 is 11.7 Å². The number of halogens is 1. The number of para-hydroxylation sites is 2. The molecule has 0 saturated heterocycles. The van der Waals surface area contributed by atoms with Crippen LogP contribution < -0.4 is 4.74 Å². The minimum absolute atomic E-state index is 0.00253. The van der Waals surface area contributed by atoms with Crippen LogP contribution >= 0.6 is 0 Å². The lowest BCUT2D eigenvalue weighted by molar-refractivity contribution is -0.132. The standard InChI is InChI=1S/C30H30FN3O3/c1-37-28-13-7-2-8-22(28)19-33(17-16-21-18-32-27-12-6-4-9-24(21)27)29(35)20-34(23-14-15-23)30(36)25-10-3-5-11-26(25)31/h2-13,18,23,32H,14-17,19-20H2,1H3. The Morgan fingerprint density at radius 1 is 0.973 bits per heavy atom. The van der Waals surface area contributed by atoms with Crippen LogP contribution in [0.3, 0.4) is 0 Å². The van der Waals surface area contributed by atoms with Crippen molar-refractivity contribution in [1.29, 1.82) is 0 Å². The van der Waals surface area contributed by atoms with E-state index in [2.05, 4.69) is 11.1 Å². The molecule has 1 N–H and O–H groups in total. The number of carbonyl (C=O) groups excluding carboxylic acids is 2. The highest BCUT2D eigenvalue weighted by molar-refractivity contribution is 5.97. The predicted molar refractivity (Wildman–Crippen MR) is 141 cm³/mol. The van der Waals surface area contributed by atoms with Gasteiger partial charge in [-0.3, -0.25) is 9.59 Å². The summed E-state index contributed by atoms with van der Waals surface area (Å²) in [5.41, 5.74) is 3.05. The van der Waals surface area contributed by atoms with E-state index in [0.29, 0.717) is 25.3 Å². The van der Waals surface area contributed by atoms with Gasteiger partial charge < -0.3 is 19.5 Å². The van der Waals surface area contributed by atoms with Gasteiger partial charge in [-0.15, -0.1) is 0 Å². The van der Waals surface area contributed by atoms with Gasteiger partial charge in [0.2, 0.25) is 5.91 Å². The minimum Gasteiger partial charge on any atom is -0.496 e. The van der Waals surface area contributed by atoms with Crippen LogP contribution in [0, 0.1) is 5.82 Å². The lowest BCUT2D eigenvalue weighted by Gasteiger charge is -2.28.